The number of carboxylic acids is 1. The smallest absolute Gasteiger partial charge is 0.320 e. The van der Waals surface area contributed by atoms with Gasteiger partial charge < -0.3 is 15.9 Å². The van der Waals surface area contributed by atoms with Crippen LogP contribution in [0.1, 0.15) is 5.56 Å². The molecule has 6 heteroatoms. The van der Waals surface area contributed by atoms with Crippen LogP contribution in [0, 0.1) is 0 Å². The second-order valence-corrected chi connectivity index (χ2v) is 2.82. The molecule has 0 saturated carbocycles. The Morgan fingerprint density at radius 2 is 1.73 bits per heavy atom. The van der Waals surface area contributed by atoms with Crippen molar-refractivity contribution in [2.75, 3.05) is 0 Å². The van der Waals surface area contributed by atoms with E-state index in [2.05, 4.69) is 0 Å². The predicted molar refractivity (Wildman–Crippen MR) is 61.9 cm³/mol. The standard InChI is InChI=1S/C9H11NO3.2ClH/c10-8(9(12)13)5-6-1-3-7(11)4-2-6;;/h1-4,8,11H,5,10H2,(H,12,13);2*1H. The van der Waals surface area contributed by atoms with Gasteiger partial charge in [0.15, 0.2) is 0 Å². The summed E-state index contributed by atoms with van der Waals surface area (Å²) in [7, 11) is 0. The van der Waals surface area contributed by atoms with E-state index in [0.29, 0.717) is 0 Å². The maximum Gasteiger partial charge on any atom is 0.320 e. The van der Waals surface area contributed by atoms with Crippen molar-refractivity contribution in [3.05, 3.63) is 29.8 Å². The van der Waals surface area contributed by atoms with Crippen LogP contribution in [0.2, 0.25) is 0 Å². The first-order chi connectivity index (χ1) is 6.09. The predicted octanol–water partition coefficient (Wildman–Crippen LogP) is 1.19. The molecule has 15 heavy (non-hydrogen) atoms. The molecular weight excluding hydrogens is 241 g/mol. The van der Waals surface area contributed by atoms with Gasteiger partial charge in [-0.15, -0.1) is 24.8 Å². The molecule has 1 atom stereocenters. The second kappa shape index (κ2) is 7.34. The quantitative estimate of drug-likeness (QED) is 0.756. The lowest BCUT2D eigenvalue weighted by Crippen LogP contribution is -2.32. The highest BCUT2D eigenvalue weighted by molar-refractivity contribution is 5.85. The van der Waals surface area contributed by atoms with Crippen LogP contribution in [0.3, 0.4) is 0 Å². The zero-order valence-corrected chi connectivity index (χ0v) is 9.42. The minimum atomic E-state index is -1.02. The Balaban J connectivity index is 0. The normalized spacial score (nSPS) is 10.7. The van der Waals surface area contributed by atoms with Crippen molar-refractivity contribution in [2.45, 2.75) is 12.5 Å². The molecule has 1 aromatic rings. The Morgan fingerprint density at radius 3 is 2.13 bits per heavy atom. The molecule has 0 heterocycles. The van der Waals surface area contributed by atoms with Crippen molar-refractivity contribution in [3.63, 3.8) is 0 Å². The van der Waals surface area contributed by atoms with E-state index in [1.807, 2.05) is 0 Å². The van der Waals surface area contributed by atoms with E-state index in [4.69, 9.17) is 15.9 Å². The van der Waals surface area contributed by atoms with Crippen LogP contribution in [0.5, 0.6) is 5.75 Å². The molecule has 0 spiro atoms. The molecule has 0 aromatic heterocycles. The third-order valence-corrected chi connectivity index (χ3v) is 1.71. The van der Waals surface area contributed by atoms with Crippen molar-refractivity contribution in [3.8, 4) is 5.75 Å². The number of hydrogen-bond donors (Lipinski definition) is 3. The third-order valence-electron chi connectivity index (χ3n) is 1.71. The van der Waals surface area contributed by atoms with E-state index in [0.717, 1.165) is 5.56 Å². The molecule has 0 aliphatic rings. The summed E-state index contributed by atoms with van der Waals surface area (Å²) in [6, 6.07) is 5.42. The van der Waals surface area contributed by atoms with Gasteiger partial charge in [-0.1, -0.05) is 12.1 Å². The Hall–Kier alpha value is -0.970. The summed E-state index contributed by atoms with van der Waals surface area (Å²) < 4.78 is 0. The van der Waals surface area contributed by atoms with Gasteiger partial charge in [0.2, 0.25) is 0 Å². The number of phenols is 1. The number of nitrogens with two attached hydrogens (primary N) is 1. The highest BCUT2D eigenvalue weighted by atomic mass is 35.5. The molecule has 1 aromatic carbocycles. The van der Waals surface area contributed by atoms with Crippen LogP contribution in [0.4, 0.5) is 0 Å². The van der Waals surface area contributed by atoms with Gasteiger partial charge in [0.1, 0.15) is 11.8 Å². The van der Waals surface area contributed by atoms with E-state index in [-0.39, 0.29) is 37.0 Å². The van der Waals surface area contributed by atoms with Crippen molar-refractivity contribution in [2.24, 2.45) is 5.73 Å². The number of halogens is 2. The molecule has 0 amide bonds. The highest BCUT2D eigenvalue weighted by Gasteiger charge is 2.11. The Bertz CT molecular complexity index is 303. The summed E-state index contributed by atoms with van der Waals surface area (Å²) in [5.41, 5.74) is 6.12. The molecule has 1 rings (SSSR count). The first-order valence-electron chi connectivity index (χ1n) is 3.86. The minimum absolute atomic E-state index is 0. The number of benzene rings is 1. The number of carbonyl (C=O) groups is 1. The number of aromatic hydroxyl groups is 1. The molecule has 4 nitrogen and oxygen atoms in total. The van der Waals surface area contributed by atoms with Crippen LogP contribution in [0.25, 0.3) is 0 Å². The lowest BCUT2D eigenvalue weighted by molar-refractivity contribution is -0.138. The highest BCUT2D eigenvalue weighted by Crippen LogP contribution is 2.10. The van der Waals surface area contributed by atoms with E-state index in [1.54, 1.807) is 12.1 Å². The Morgan fingerprint density at radius 1 is 1.27 bits per heavy atom. The Kier molecular flexibility index (Phi) is 8.05. The number of aliphatic carboxylic acids is 1. The number of hydrogen-bond acceptors (Lipinski definition) is 3. The average Bonchev–Trinajstić information content (AvgIpc) is 2.08. The largest absolute Gasteiger partial charge is 0.508 e. The fourth-order valence-electron chi connectivity index (χ4n) is 0.973. The molecular formula is C9H13Cl2NO3. The summed E-state index contributed by atoms with van der Waals surface area (Å²) in [5, 5.41) is 17.5. The summed E-state index contributed by atoms with van der Waals surface area (Å²) in [5.74, 6) is -0.860. The summed E-state index contributed by atoms with van der Waals surface area (Å²) in [4.78, 5) is 10.4. The number of carboxylic acid groups (broad SMARTS) is 1. The first kappa shape index (κ1) is 16.5. The van der Waals surface area contributed by atoms with Gasteiger partial charge in [-0.3, -0.25) is 4.79 Å². The van der Waals surface area contributed by atoms with E-state index < -0.39 is 12.0 Å². The fraction of sp³-hybridized carbons (Fsp3) is 0.222. The number of phenolic OH excluding ortho intramolecular Hbond substituents is 1. The Labute approximate surface area is 99.9 Å². The van der Waals surface area contributed by atoms with Crippen molar-refractivity contribution >= 4 is 30.8 Å². The SMILES string of the molecule is Cl.Cl.NC(Cc1ccc(O)cc1)C(=O)O. The van der Waals surface area contributed by atoms with E-state index >= 15 is 0 Å². The zero-order chi connectivity index (χ0) is 9.84. The van der Waals surface area contributed by atoms with E-state index in [1.165, 1.54) is 12.1 Å². The molecule has 0 fully saturated rings. The molecule has 0 saturated heterocycles. The van der Waals surface area contributed by atoms with Gasteiger partial charge in [-0.05, 0) is 24.1 Å². The van der Waals surface area contributed by atoms with Crippen LogP contribution < -0.4 is 5.73 Å². The summed E-state index contributed by atoms with van der Waals surface area (Å²) >= 11 is 0. The third kappa shape index (κ3) is 5.47. The molecule has 0 bridgehead atoms. The molecule has 0 radical (unpaired) electrons. The van der Waals surface area contributed by atoms with Gasteiger partial charge in [-0.2, -0.15) is 0 Å². The van der Waals surface area contributed by atoms with Crippen molar-refractivity contribution < 1.29 is 15.0 Å². The average molecular weight is 254 g/mol. The minimum Gasteiger partial charge on any atom is -0.508 e. The lowest BCUT2D eigenvalue weighted by atomic mass is 10.1. The second-order valence-electron chi connectivity index (χ2n) is 2.82. The number of rotatable bonds is 3. The van der Waals surface area contributed by atoms with Gasteiger partial charge in [0.05, 0.1) is 0 Å². The molecule has 0 aliphatic carbocycles. The molecule has 0 aliphatic heterocycles. The fourth-order valence-corrected chi connectivity index (χ4v) is 0.973. The zero-order valence-electron chi connectivity index (χ0n) is 7.79. The molecule has 1 unspecified atom stereocenters. The van der Waals surface area contributed by atoms with Crippen LogP contribution in [-0.2, 0) is 11.2 Å². The topological polar surface area (TPSA) is 83.5 Å². The van der Waals surface area contributed by atoms with Crippen molar-refractivity contribution in [1.82, 2.24) is 0 Å². The van der Waals surface area contributed by atoms with Gasteiger partial charge >= 0.3 is 5.97 Å². The first-order valence-corrected chi connectivity index (χ1v) is 3.86. The summed E-state index contributed by atoms with van der Waals surface area (Å²) in [6.07, 6.45) is 0.273. The van der Waals surface area contributed by atoms with Crippen LogP contribution in [-0.4, -0.2) is 22.2 Å². The maximum atomic E-state index is 10.4. The van der Waals surface area contributed by atoms with E-state index in [9.17, 15) is 4.79 Å². The van der Waals surface area contributed by atoms with Gasteiger partial charge in [-0.25, -0.2) is 0 Å². The molecule has 4 N–H and O–H groups in total. The van der Waals surface area contributed by atoms with Crippen molar-refractivity contribution in [1.29, 1.82) is 0 Å². The van der Waals surface area contributed by atoms with Gasteiger partial charge in [0.25, 0.3) is 0 Å². The lowest BCUT2D eigenvalue weighted by Gasteiger charge is -2.05. The van der Waals surface area contributed by atoms with Gasteiger partial charge in [0, 0.05) is 0 Å². The monoisotopic (exact) mass is 253 g/mol. The maximum absolute atomic E-state index is 10.4. The molecule has 86 valence electrons. The van der Waals surface area contributed by atoms with Crippen LogP contribution >= 0.6 is 24.8 Å². The summed E-state index contributed by atoms with van der Waals surface area (Å²) in [6.45, 7) is 0. The van der Waals surface area contributed by atoms with Crippen LogP contribution in [0.15, 0.2) is 24.3 Å².